The topological polar surface area (TPSA) is 107 Å². The minimum atomic E-state index is -4.94. The van der Waals surface area contributed by atoms with Crippen LogP contribution in [0.2, 0.25) is 0 Å². The first-order chi connectivity index (χ1) is 31.7. The summed E-state index contributed by atoms with van der Waals surface area (Å²) in [7, 11) is -9.88. The van der Waals surface area contributed by atoms with Gasteiger partial charge in [0.25, 0.3) is 0 Å². The second kappa shape index (κ2) is 20.2. The van der Waals surface area contributed by atoms with E-state index in [4.69, 9.17) is 0 Å². The van der Waals surface area contributed by atoms with Crippen LogP contribution in [0.4, 0.5) is 54.2 Å². The molecule has 67 heavy (non-hydrogen) atoms. The van der Waals surface area contributed by atoms with E-state index in [0.29, 0.717) is 31.7 Å². The molecule has 0 radical (unpaired) electrons. The molecule has 0 aliphatic carbocycles. The summed E-state index contributed by atoms with van der Waals surface area (Å²) in [5.41, 5.74) is 6.28. The van der Waals surface area contributed by atoms with Crippen LogP contribution in [-0.2, 0) is 39.3 Å². The molecule has 8 rings (SSSR count). The zero-order valence-electron chi connectivity index (χ0n) is 35.3. The summed E-state index contributed by atoms with van der Waals surface area (Å²) in [4.78, 5) is 9.14. The number of halogens is 10. The summed E-state index contributed by atoms with van der Waals surface area (Å²) in [5, 5.41) is 5.12. The van der Waals surface area contributed by atoms with E-state index >= 15 is 0 Å². The third-order valence-corrected chi connectivity index (χ3v) is 16.7. The lowest BCUT2D eigenvalue weighted by Gasteiger charge is -2.33. The Morgan fingerprint density at radius 1 is 0.463 bits per heavy atom. The van der Waals surface area contributed by atoms with Crippen molar-refractivity contribution < 1.29 is 60.7 Å². The van der Waals surface area contributed by atoms with Gasteiger partial charge in [-0.1, -0.05) is 61.0 Å². The molecule has 2 saturated heterocycles. The molecule has 0 bridgehead atoms. The minimum Gasteiger partial charge on any atom is -0.345 e. The molecule has 4 heterocycles. The molecule has 2 aliphatic rings. The standard InChI is InChI=1S/C22H20F5N3O2S2.C21H18F5N3O2S2/c1-2-13-3-5-14(6-4-13)11-15-12-33-22(28-15)29-7-9-30(10-8-29)34(31,32)21-19(26)17(24)16(23)18(25)20(21)27;1-12-2-4-13(5-3-12)10-14-11-32-21(27-14)28-6-8-29(9-7-28)33(30,31)20-18(25)16(23)15(22)17(24)19(20)26/h3-6,12H,2,7-11H2,1H3;2-5,11H,6-10H2,1H3. The molecule has 0 saturated carbocycles. The van der Waals surface area contributed by atoms with E-state index in [2.05, 4.69) is 29.0 Å². The largest absolute Gasteiger partial charge is 0.345 e. The summed E-state index contributed by atoms with van der Waals surface area (Å²) in [6.07, 6.45) is 2.22. The number of piperazine rings is 2. The Kier molecular flexibility index (Phi) is 15.0. The van der Waals surface area contributed by atoms with Gasteiger partial charge in [0.05, 0.1) is 11.4 Å². The summed E-state index contributed by atoms with van der Waals surface area (Å²) in [5.74, 6) is -23.5. The second-order valence-electron chi connectivity index (χ2n) is 15.3. The number of hydrogen-bond acceptors (Lipinski definition) is 10. The predicted molar refractivity (Wildman–Crippen MR) is 231 cm³/mol. The van der Waals surface area contributed by atoms with Gasteiger partial charge in [0.15, 0.2) is 66.6 Å². The first-order valence-electron chi connectivity index (χ1n) is 20.3. The molecule has 0 amide bonds. The van der Waals surface area contributed by atoms with E-state index in [1.54, 1.807) is 0 Å². The maximum absolute atomic E-state index is 14.1. The lowest BCUT2D eigenvalue weighted by Crippen LogP contribution is -2.49. The van der Waals surface area contributed by atoms with Crippen LogP contribution in [0.15, 0.2) is 69.1 Å². The van der Waals surface area contributed by atoms with E-state index in [1.807, 2.05) is 63.9 Å². The summed E-state index contributed by atoms with van der Waals surface area (Å²) >= 11 is 2.76. The van der Waals surface area contributed by atoms with E-state index in [9.17, 15) is 60.7 Å². The number of nitrogens with zero attached hydrogens (tertiary/aromatic N) is 6. The van der Waals surface area contributed by atoms with Gasteiger partial charge >= 0.3 is 0 Å². The Hall–Kier alpha value is -5.14. The highest BCUT2D eigenvalue weighted by Gasteiger charge is 2.40. The molecule has 2 aliphatic heterocycles. The highest BCUT2D eigenvalue weighted by molar-refractivity contribution is 7.89. The number of benzene rings is 4. The molecule has 10 nitrogen and oxygen atoms in total. The number of aromatic nitrogens is 2. The number of rotatable bonds is 11. The summed E-state index contributed by atoms with van der Waals surface area (Å²) in [6.45, 7) is 3.86. The molecule has 24 heteroatoms. The van der Waals surface area contributed by atoms with Crippen LogP contribution in [0.5, 0.6) is 0 Å². The van der Waals surface area contributed by atoms with Crippen molar-refractivity contribution in [1.82, 2.24) is 18.6 Å². The third kappa shape index (κ3) is 10.3. The first kappa shape index (κ1) is 49.8. The van der Waals surface area contributed by atoms with Crippen LogP contribution >= 0.6 is 22.7 Å². The number of anilines is 2. The zero-order valence-corrected chi connectivity index (χ0v) is 38.5. The van der Waals surface area contributed by atoms with Gasteiger partial charge in [-0.05, 0) is 30.0 Å². The Labute approximate surface area is 386 Å². The van der Waals surface area contributed by atoms with Crippen LogP contribution in [0, 0.1) is 65.1 Å². The maximum atomic E-state index is 14.1. The van der Waals surface area contributed by atoms with Gasteiger partial charge in [-0.25, -0.2) is 70.7 Å². The highest BCUT2D eigenvalue weighted by atomic mass is 32.2. The molecule has 0 atom stereocenters. The smallest absolute Gasteiger partial charge is 0.249 e. The van der Waals surface area contributed by atoms with Crippen LogP contribution < -0.4 is 9.80 Å². The van der Waals surface area contributed by atoms with E-state index < -0.39 is 88.0 Å². The summed E-state index contributed by atoms with van der Waals surface area (Å²) in [6, 6.07) is 16.2. The molecule has 0 unspecified atom stereocenters. The second-order valence-corrected chi connectivity index (χ2v) is 20.8. The van der Waals surface area contributed by atoms with Crippen molar-refractivity contribution in [2.45, 2.75) is 42.9 Å². The molecule has 2 fully saturated rings. The van der Waals surface area contributed by atoms with Crippen molar-refractivity contribution in [1.29, 1.82) is 0 Å². The average Bonchev–Trinajstić information content (AvgIpc) is 4.00. The molecular weight excluding hydrogens is 983 g/mol. The van der Waals surface area contributed by atoms with Crippen molar-refractivity contribution in [2.24, 2.45) is 0 Å². The molecular formula is C43H38F10N6O4S4. The predicted octanol–water partition coefficient (Wildman–Crippen LogP) is 8.75. The fourth-order valence-corrected chi connectivity index (χ4v) is 12.0. The normalized spacial score (nSPS) is 15.2. The Balaban J connectivity index is 0.000000199. The van der Waals surface area contributed by atoms with E-state index in [1.165, 1.54) is 28.2 Å². The Morgan fingerprint density at radius 2 is 0.761 bits per heavy atom. The van der Waals surface area contributed by atoms with Crippen molar-refractivity contribution in [3.8, 4) is 0 Å². The fourth-order valence-electron chi connectivity index (χ4n) is 7.18. The van der Waals surface area contributed by atoms with Gasteiger partial charge in [0, 0.05) is 76.0 Å². The van der Waals surface area contributed by atoms with Crippen LogP contribution in [0.25, 0.3) is 0 Å². The first-order valence-corrected chi connectivity index (χ1v) is 24.9. The van der Waals surface area contributed by atoms with E-state index in [-0.39, 0.29) is 52.4 Å². The van der Waals surface area contributed by atoms with Gasteiger partial charge in [-0.3, -0.25) is 0 Å². The van der Waals surface area contributed by atoms with Crippen molar-refractivity contribution >= 4 is 53.0 Å². The number of aryl methyl sites for hydroxylation is 2. The fraction of sp³-hybridized carbons (Fsp3) is 0.302. The Morgan fingerprint density at radius 3 is 1.09 bits per heavy atom. The van der Waals surface area contributed by atoms with Gasteiger partial charge in [-0.2, -0.15) is 8.61 Å². The Bertz CT molecular complexity index is 2940. The SMILES string of the molecule is CCc1ccc(Cc2csc(N3CCN(S(=O)(=O)c4c(F)c(F)c(F)c(F)c4F)CC3)n2)cc1.Cc1ccc(Cc2csc(N3CCN(S(=O)(=O)c4c(F)c(F)c(F)c(F)c4F)CC3)n2)cc1. The molecule has 0 spiro atoms. The van der Waals surface area contributed by atoms with Gasteiger partial charge < -0.3 is 9.80 Å². The highest BCUT2D eigenvalue weighted by Crippen LogP contribution is 2.33. The number of thiazole rings is 2. The quantitative estimate of drug-likeness (QED) is 0.0721. The van der Waals surface area contributed by atoms with Crippen molar-refractivity contribution in [3.05, 3.63) is 151 Å². The van der Waals surface area contributed by atoms with E-state index in [0.717, 1.165) is 34.5 Å². The average molecular weight is 1020 g/mol. The molecule has 0 N–H and O–H groups in total. The molecule has 4 aromatic carbocycles. The third-order valence-electron chi connectivity index (χ3n) is 11.0. The van der Waals surface area contributed by atoms with Gasteiger partial charge in [0.1, 0.15) is 0 Å². The number of sulfonamides is 2. The van der Waals surface area contributed by atoms with Gasteiger partial charge in [-0.15, -0.1) is 22.7 Å². The maximum Gasteiger partial charge on any atom is 0.249 e. The lowest BCUT2D eigenvalue weighted by molar-refractivity contribution is 0.344. The summed E-state index contributed by atoms with van der Waals surface area (Å²) < 4.78 is 189. The molecule has 358 valence electrons. The van der Waals surface area contributed by atoms with Crippen LogP contribution in [-0.4, -0.2) is 87.8 Å². The lowest BCUT2D eigenvalue weighted by atomic mass is 10.1. The van der Waals surface area contributed by atoms with Crippen LogP contribution in [0.3, 0.4) is 0 Å². The van der Waals surface area contributed by atoms with Crippen molar-refractivity contribution in [3.63, 3.8) is 0 Å². The zero-order chi connectivity index (χ0) is 48.5. The van der Waals surface area contributed by atoms with Crippen molar-refractivity contribution in [2.75, 3.05) is 62.2 Å². The molecule has 2 aromatic heterocycles. The monoisotopic (exact) mass is 1020 g/mol. The number of hydrogen-bond donors (Lipinski definition) is 0. The minimum absolute atomic E-state index is 0.145. The van der Waals surface area contributed by atoms with Gasteiger partial charge in [0.2, 0.25) is 31.7 Å². The molecule has 6 aromatic rings. The van der Waals surface area contributed by atoms with Crippen LogP contribution in [0.1, 0.15) is 40.6 Å².